The summed E-state index contributed by atoms with van der Waals surface area (Å²) in [7, 11) is 2.10. The Labute approximate surface area is 85.8 Å². The number of nitrogens with one attached hydrogen (secondary N) is 1. The minimum Gasteiger partial charge on any atom is -0.353 e. The predicted molar refractivity (Wildman–Crippen MR) is 56.9 cm³/mol. The van der Waals surface area contributed by atoms with E-state index in [0.717, 1.165) is 12.6 Å². The van der Waals surface area contributed by atoms with Gasteiger partial charge in [-0.3, -0.25) is 4.79 Å². The number of hydrogen-bond acceptors (Lipinski definition) is 3. The van der Waals surface area contributed by atoms with Crippen LogP contribution in [0.2, 0.25) is 0 Å². The molecule has 1 aliphatic carbocycles. The molecule has 0 saturated heterocycles. The highest BCUT2D eigenvalue weighted by Gasteiger charge is 2.25. The third-order valence-corrected chi connectivity index (χ3v) is 2.71. The van der Waals surface area contributed by atoms with Crippen LogP contribution in [-0.2, 0) is 4.79 Å². The molecule has 82 valence electrons. The van der Waals surface area contributed by atoms with Gasteiger partial charge in [0, 0.05) is 19.1 Å². The third-order valence-electron chi connectivity index (χ3n) is 2.71. The van der Waals surface area contributed by atoms with Crippen LogP contribution in [0.3, 0.4) is 0 Å². The Kier molecular flexibility index (Phi) is 4.35. The summed E-state index contributed by atoms with van der Waals surface area (Å²) in [5, 5.41) is 2.84. The molecule has 1 saturated carbocycles. The molecule has 0 aromatic heterocycles. The van der Waals surface area contributed by atoms with Gasteiger partial charge in [-0.2, -0.15) is 0 Å². The molecule has 0 aromatic carbocycles. The zero-order chi connectivity index (χ0) is 10.6. The molecule has 0 aliphatic heterocycles. The number of hydrogen-bond donors (Lipinski definition) is 2. The minimum atomic E-state index is -0.346. The summed E-state index contributed by atoms with van der Waals surface area (Å²) in [4.78, 5) is 13.6. The zero-order valence-electron chi connectivity index (χ0n) is 9.12. The van der Waals surface area contributed by atoms with Crippen molar-refractivity contribution in [3.8, 4) is 0 Å². The molecule has 4 nitrogen and oxygen atoms in total. The van der Waals surface area contributed by atoms with Crippen molar-refractivity contribution in [1.29, 1.82) is 0 Å². The summed E-state index contributed by atoms with van der Waals surface area (Å²) in [6.07, 6.45) is 3.31. The van der Waals surface area contributed by atoms with E-state index in [0.29, 0.717) is 13.0 Å². The van der Waals surface area contributed by atoms with Crippen LogP contribution in [0.15, 0.2) is 0 Å². The number of carbonyl (C=O) groups is 1. The molecule has 14 heavy (non-hydrogen) atoms. The van der Waals surface area contributed by atoms with Gasteiger partial charge in [0.15, 0.2) is 0 Å². The normalized spacial score (nSPS) is 18.3. The fourth-order valence-electron chi connectivity index (χ4n) is 1.37. The van der Waals surface area contributed by atoms with Crippen LogP contribution >= 0.6 is 0 Å². The van der Waals surface area contributed by atoms with Crippen molar-refractivity contribution < 1.29 is 4.79 Å². The van der Waals surface area contributed by atoms with Gasteiger partial charge in [-0.1, -0.05) is 6.92 Å². The van der Waals surface area contributed by atoms with E-state index in [2.05, 4.69) is 17.3 Å². The molecule has 1 rings (SSSR count). The number of likely N-dealkylation sites (N-methyl/N-ethyl adjacent to an activating group) is 1. The Balaban J connectivity index is 2.04. The van der Waals surface area contributed by atoms with E-state index >= 15 is 0 Å². The van der Waals surface area contributed by atoms with E-state index in [1.54, 1.807) is 0 Å². The lowest BCUT2D eigenvalue weighted by Crippen LogP contribution is -2.43. The van der Waals surface area contributed by atoms with Crippen molar-refractivity contribution in [3.63, 3.8) is 0 Å². The van der Waals surface area contributed by atoms with Crippen molar-refractivity contribution in [3.05, 3.63) is 0 Å². The first-order chi connectivity index (χ1) is 6.65. The van der Waals surface area contributed by atoms with E-state index in [4.69, 9.17) is 5.73 Å². The molecule has 1 amide bonds. The summed E-state index contributed by atoms with van der Waals surface area (Å²) < 4.78 is 0. The number of nitrogens with two attached hydrogens (primary N) is 1. The fraction of sp³-hybridized carbons (Fsp3) is 0.900. The molecule has 0 heterocycles. The Morgan fingerprint density at radius 1 is 1.64 bits per heavy atom. The van der Waals surface area contributed by atoms with E-state index in [-0.39, 0.29) is 11.9 Å². The van der Waals surface area contributed by atoms with Gasteiger partial charge >= 0.3 is 0 Å². The summed E-state index contributed by atoms with van der Waals surface area (Å²) in [5.74, 6) is -0.0308. The lowest BCUT2D eigenvalue weighted by molar-refractivity contribution is -0.122. The van der Waals surface area contributed by atoms with Gasteiger partial charge in [0.1, 0.15) is 0 Å². The molecule has 4 heteroatoms. The van der Waals surface area contributed by atoms with Gasteiger partial charge in [0.2, 0.25) is 5.91 Å². The maximum absolute atomic E-state index is 11.3. The zero-order valence-corrected chi connectivity index (χ0v) is 9.12. The first-order valence-electron chi connectivity index (χ1n) is 5.38. The first-order valence-corrected chi connectivity index (χ1v) is 5.38. The van der Waals surface area contributed by atoms with Gasteiger partial charge < -0.3 is 16.0 Å². The second-order valence-electron chi connectivity index (χ2n) is 4.02. The molecule has 3 N–H and O–H groups in total. The SMILES string of the molecule is CC[C@H](N)C(=O)NCCN(C)C1CC1. The highest BCUT2D eigenvalue weighted by Crippen LogP contribution is 2.24. The molecular formula is C10H21N3O. The Morgan fingerprint density at radius 2 is 2.29 bits per heavy atom. The minimum absolute atomic E-state index is 0.0308. The molecule has 0 bridgehead atoms. The molecule has 0 unspecified atom stereocenters. The van der Waals surface area contributed by atoms with E-state index in [1.165, 1.54) is 12.8 Å². The van der Waals surface area contributed by atoms with Crippen molar-refractivity contribution in [2.45, 2.75) is 38.3 Å². The molecule has 0 aromatic rings. The van der Waals surface area contributed by atoms with Crippen LogP contribution < -0.4 is 11.1 Å². The number of carbonyl (C=O) groups excluding carboxylic acids is 1. The standard InChI is InChI=1S/C10H21N3O/c1-3-9(11)10(14)12-6-7-13(2)8-4-5-8/h8-9H,3-7,11H2,1-2H3,(H,12,14)/t9-/m0/s1. The van der Waals surface area contributed by atoms with E-state index < -0.39 is 0 Å². The van der Waals surface area contributed by atoms with Crippen LogP contribution in [-0.4, -0.2) is 43.0 Å². The van der Waals surface area contributed by atoms with Crippen LogP contribution in [0.4, 0.5) is 0 Å². The number of amides is 1. The summed E-state index contributed by atoms with van der Waals surface area (Å²) >= 11 is 0. The molecule has 0 spiro atoms. The summed E-state index contributed by atoms with van der Waals surface area (Å²) in [6.45, 7) is 3.55. The lowest BCUT2D eigenvalue weighted by atomic mass is 10.2. The maximum atomic E-state index is 11.3. The second kappa shape index (κ2) is 5.32. The summed E-state index contributed by atoms with van der Waals surface area (Å²) in [5.41, 5.74) is 5.58. The fourth-order valence-corrected chi connectivity index (χ4v) is 1.37. The Morgan fingerprint density at radius 3 is 2.79 bits per heavy atom. The highest BCUT2D eigenvalue weighted by atomic mass is 16.2. The van der Waals surface area contributed by atoms with Crippen LogP contribution in [0.5, 0.6) is 0 Å². The average molecular weight is 199 g/mol. The summed E-state index contributed by atoms with van der Waals surface area (Å²) in [6, 6.07) is 0.410. The van der Waals surface area contributed by atoms with Crippen LogP contribution in [0, 0.1) is 0 Å². The smallest absolute Gasteiger partial charge is 0.236 e. The van der Waals surface area contributed by atoms with Gasteiger partial charge in [-0.25, -0.2) is 0 Å². The Hall–Kier alpha value is -0.610. The van der Waals surface area contributed by atoms with E-state index in [1.807, 2.05) is 6.92 Å². The lowest BCUT2D eigenvalue weighted by Gasteiger charge is -2.16. The predicted octanol–water partition coefficient (Wildman–Crippen LogP) is -0.0659. The average Bonchev–Trinajstić information content (AvgIpc) is 2.99. The van der Waals surface area contributed by atoms with Crippen molar-refractivity contribution in [2.75, 3.05) is 20.1 Å². The highest BCUT2D eigenvalue weighted by molar-refractivity contribution is 5.81. The van der Waals surface area contributed by atoms with Gasteiger partial charge in [-0.05, 0) is 26.3 Å². The van der Waals surface area contributed by atoms with E-state index in [9.17, 15) is 4.79 Å². The molecule has 1 atom stereocenters. The maximum Gasteiger partial charge on any atom is 0.236 e. The van der Waals surface area contributed by atoms with Crippen LogP contribution in [0.1, 0.15) is 26.2 Å². The molecule has 1 fully saturated rings. The monoisotopic (exact) mass is 199 g/mol. The second-order valence-corrected chi connectivity index (χ2v) is 4.02. The number of nitrogens with zero attached hydrogens (tertiary/aromatic N) is 1. The number of rotatable bonds is 6. The first kappa shape index (κ1) is 11.5. The molecule has 1 aliphatic rings. The topological polar surface area (TPSA) is 58.4 Å². The van der Waals surface area contributed by atoms with Gasteiger partial charge in [0.05, 0.1) is 6.04 Å². The molecular weight excluding hydrogens is 178 g/mol. The largest absolute Gasteiger partial charge is 0.353 e. The van der Waals surface area contributed by atoms with Gasteiger partial charge in [-0.15, -0.1) is 0 Å². The van der Waals surface area contributed by atoms with Crippen molar-refractivity contribution in [2.24, 2.45) is 5.73 Å². The van der Waals surface area contributed by atoms with Crippen LogP contribution in [0.25, 0.3) is 0 Å². The van der Waals surface area contributed by atoms with Crippen molar-refractivity contribution in [1.82, 2.24) is 10.2 Å². The molecule has 0 radical (unpaired) electrons. The Bertz CT molecular complexity index is 192. The van der Waals surface area contributed by atoms with Crippen molar-refractivity contribution >= 4 is 5.91 Å². The van der Waals surface area contributed by atoms with Gasteiger partial charge in [0.25, 0.3) is 0 Å². The quantitative estimate of drug-likeness (QED) is 0.630. The third kappa shape index (κ3) is 3.64.